The van der Waals surface area contributed by atoms with Crippen LogP contribution in [0.1, 0.15) is 20.3 Å². The molecule has 1 aliphatic heterocycles. The smallest absolute Gasteiger partial charge is 0.0431 e. The van der Waals surface area contributed by atoms with Crippen molar-refractivity contribution in [3.05, 3.63) is 10.6 Å². The van der Waals surface area contributed by atoms with Crippen LogP contribution >= 0.6 is 23.2 Å². The van der Waals surface area contributed by atoms with Crippen LogP contribution in [0, 0.1) is 5.92 Å². The van der Waals surface area contributed by atoms with Crippen LogP contribution in [0.5, 0.6) is 0 Å². The van der Waals surface area contributed by atoms with Crippen LogP contribution in [-0.2, 0) is 0 Å². The number of nitrogens with zero attached hydrogens (tertiary/aromatic N) is 1. The first-order valence-electron chi connectivity index (χ1n) is 5.53. The van der Waals surface area contributed by atoms with Crippen LogP contribution in [0.4, 0.5) is 0 Å². The fourth-order valence-corrected chi connectivity index (χ4v) is 2.10. The Morgan fingerprint density at radius 1 is 1.60 bits per heavy atom. The molecule has 1 unspecified atom stereocenters. The zero-order valence-electron chi connectivity index (χ0n) is 9.47. The SMILES string of the molecule is CC(C)N1CCC(CNCC(Cl)=CCl)C1. The summed E-state index contributed by atoms with van der Waals surface area (Å²) in [6, 6.07) is 0.668. The van der Waals surface area contributed by atoms with Gasteiger partial charge in [0.1, 0.15) is 0 Å². The summed E-state index contributed by atoms with van der Waals surface area (Å²) in [6.07, 6.45) is 1.29. The van der Waals surface area contributed by atoms with Gasteiger partial charge in [-0.25, -0.2) is 0 Å². The molecular formula is C11H20Cl2N2. The summed E-state index contributed by atoms with van der Waals surface area (Å²) in [5.74, 6) is 0.757. The summed E-state index contributed by atoms with van der Waals surface area (Å²) >= 11 is 11.3. The third kappa shape index (κ3) is 4.73. The first-order chi connectivity index (χ1) is 7.13. The highest BCUT2D eigenvalue weighted by Gasteiger charge is 2.23. The average molecular weight is 251 g/mol. The van der Waals surface area contributed by atoms with Crippen molar-refractivity contribution >= 4 is 23.2 Å². The molecule has 1 rings (SSSR count). The van der Waals surface area contributed by atoms with Crippen LogP contribution in [0.25, 0.3) is 0 Å². The number of nitrogens with one attached hydrogen (secondary N) is 1. The highest BCUT2D eigenvalue weighted by atomic mass is 35.5. The minimum absolute atomic E-state index is 0.668. The molecule has 0 aliphatic carbocycles. The molecular weight excluding hydrogens is 231 g/mol. The lowest BCUT2D eigenvalue weighted by atomic mass is 10.1. The number of likely N-dealkylation sites (tertiary alicyclic amines) is 1. The van der Waals surface area contributed by atoms with Crippen molar-refractivity contribution in [1.29, 1.82) is 0 Å². The Bertz CT molecular complexity index is 217. The molecule has 1 atom stereocenters. The van der Waals surface area contributed by atoms with E-state index in [-0.39, 0.29) is 0 Å². The van der Waals surface area contributed by atoms with Gasteiger partial charge in [0.2, 0.25) is 0 Å². The zero-order chi connectivity index (χ0) is 11.3. The van der Waals surface area contributed by atoms with Crippen LogP contribution in [0.15, 0.2) is 10.6 Å². The number of hydrogen-bond donors (Lipinski definition) is 1. The molecule has 0 amide bonds. The summed E-state index contributed by atoms with van der Waals surface area (Å²) in [6.45, 7) is 8.65. The second-order valence-electron chi connectivity index (χ2n) is 4.43. The van der Waals surface area contributed by atoms with E-state index in [1.54, 1.807) is 0 Å². The normalized spacial score (nSPS) is 24.1. The fourth-order valence-electron chi connectivity index (χ4n) is 1.93. The van der Waals surface area contributed by atoms with Gasteiger partial charge in [-0.2, -0.15) is 0 Å². The van der Waals surface area contributed by atoms with Crippen molar-refractivity contribution < 1.29 is 0 Å². The molecule has 1 fully saturated rings. The van der Waals surface area contributed by atoms with E-state index in [4.69, 9.17) is 23.2 Å². The maximum Gasteiger partial charge on any atom is 0.0431 e. The Kier molecular flexibility index (Phi) is 5.98. The third-order valence-electron chi connectivity index (χ3n) is 2.89. The van der Waals surface area contributed by atoms with Crippen molar-refractivity contribution in [2.75, 3.05) is 26.2 Å². The van der Waals surface area contributed by atoms with Gasteiger partial charge in [-0.15, -0.1) is 0 Å². The van der Waals surface area contributed by atoms with E-state index in [1.165, 1.54) is 25.0 Å². The molecule has 15 heavy (non-hydrogen) atoms. The molecule has 0 radical (unpaired) electrons. The maximum atomic E-state index is 5.79. The second kappa shape index (κ2) is 6.74. The summed E-state index contributed by atoms with van der Waals surface area (Å²) in [5, 5.41) is 4.00. The molecule has 0 aromatic heterocycles. The van der Waals surface area contributed by atoms with Crippen molar-refractivity contribution in [3.63, 3.8) is 0 Å². The highest BCUT2D eigenvalue weighted by molar-refractivity contribution is 6.36. The lowest BCUT2D eigenvalue weighted by molar-refractivity contribution is 0.264. The van der Waals surface area contributed by atoms with Gasteiger partial charge in [0.25, 0.3) is 0 Å². The zero-order valence-corrected chi connectivity index (χ0v) is 11.0. The quantitative estimate of drug-likeness (QED) is 0.808. The topological polar surface area (TPSA) is 15.3 Å². The minimum atomic E-state index is 0.668. The third-order valence-corrected chi connectivity index (χ3v) is 3.51. The van der Waals surface area contributed by atoms with Crippen molar-refractivity contribution in [2.24, 2.45) is 5.92 Å². The Hall–Kier alpha value is 0.240. The summed E-state index contributed by atoms with van der Waals surface area (Å²) < 4.78 is 0. The van der Waals surface area contributed by atoms with Gasteiger partial charge in [-0.05, 0) is 39.3 Å². The monoisotopic (exact) mass is 250 g/mol. The van der Waals surface area contributed by atoms with Crippen molar-refractivity contribution in [1.82, 2.24) is 10.2 Å². The van der Waals surface area contributed by atoms with Gasteiger partial charge in [0.05, 0.1) is 0 Å². The molecule has 0 aromatic rings. The predicted molar refractivity (Wildman–Crippen MR) is 67.5 cm³/mol. The van der Waals surface area contributed by atoms with Gasteiger partial charge in [-0.3, -0.25) is 0 Å². The summed E-state index contributed by atoms with van der Waals surface area (Å²) in [7, 11) is 0. The van der Waals surface area contributed by atoms with Gasteiger partial charge < -0.3 is 10.2 Å². The van der Waals surface area contributed by atoms with Crippen LogP contribution in [-0.4, -0.2) is 37.1 Å². The van der Waals surface area contributed by atoms with Crippen LogP contribution in [0.2, 0.25) is 0 Å². The molecule has 2 nitrogen and oxygen atoms in total. The first kappa shape index (κ1) is 13.3. The van der Waals surface area contributed by atoms with Crippen molar-refractivity contribution in [2.45, 2.75) is 26.3 Å². The summed E-state index contributed by atoms with van der Waals surface area (Å²) in [5.41, 5.74) is 1.42. The minimum Gasteiger partial charge on any atom is -0.311 e. The average Bonchev–Trinajstić information content (AvgIpc) is 2.66. The molecule has 0 spiro atoms. The Morgan fingerprint density at radius 3 is 2.87 bits per heavy atom. The van der Waals surface area contributed by atoms with E-state index in [1.807, 2.05) is 0 Å². The van der Waals surface area contributed by atoms with Crippen molar-refractivity contribution in [3.8, 4) is 0 Å². The van der Waals surface area contributed by atoms with E-state index < -0.39 is 0 Å². The maximum absolute atomic E-state index is 5.79. The van der Waals surface area contributed by atoms with E-state index >= 15 is 0 Å². The summed E-state index contributed by atoms with van der Waals surface area (Å²) in [4.78, 5) is 2.52. The molecule has 4 heteroatoms. The number of halogens is 2. The lowest BCUT2D eigenvalue weighted by Crippen LogP contribution is -2.31. The first-order valence-corrected chi connectivity index (χ1v) is 6.34. The standard InChI is InChI=1S/C11H20Cl2N2/c1-9(2)15-4-3-10(8-15)6-14-7-11(13)5-12/h5,9-10,14H,3-4,6-8H2,1-2H3. The van der Waals surface area contributed by atoms with Gasteiger partial charge in [0.15, 0.2) is 0 Å². The largest absolute Gasteiger partial charge is 0.311 e. The molecule has 88 valence electrons. The lowest BCUT2D eigenvalue weighted by Gasteiger charge is -2.20. The highest BCUT2D eigenvalue weighted by Crippen LogP contribution is 2.17. The predicted octanol–water partition coefficient (Wildman–Crippen LogP) is 2.63. The van der Waals surface area contributed by atoms with E-state index in [9.17, 15) is 0 Å². The molecule has 1 N–H and O–H groups in total. The van der Waals surface area contributed by atoms with Crippen LogP contribution < -0.4 is 5.32 Å². The van der Waals surface area contributed by atoms with E-state index in [2.05, 4.69) is 24.1 Å². The van der Waals surface area contributed by atoms with E-state index in [0.717, 1.165) is 12.5 Å². The van der Waals surface area contributed by atoms with Gasteiger partial charge >= 0.3 is 0 Å². The Morgan fingerprint density at radius 2 is 2.33 bits per heavy atom. The molecule has 1 aliphatic rings. The number of hydrogen-bond acceptors (Lipinski definition) is 2. The van der Waals surface area contributed by atoms with Crippen LogP contribution in [0.3, 0.4) is 0 Å². The molecule has 1 heterocycles. The van der Waals surface area contributed by atoms with Gasteiger partial charge in [-0.1, -0.05) is 23.2 Å². The molecule has 1 saturated heterocycles. The molecule has 0 aromatic carbocycles. The Balaban J connectivity index is 2.14. The number of rotatable bonds is 5. The Labute approximate surface area is 103 Å². The van der Waals surface area contributed by atoms with E-state index in [0.29, 0.717) is 17.6 Å². The van der Waals surface area contributed by atoms with Gasteiger partial charge in [0, 0.05) is 29.7 Å². The molecule has 0 saturated carbocycles. The fraction of sp³-hybridized carbons (Fsp3) is 0.818. The molecule has 0 bridgehead atoms. The second-order valence-corrected chi connectivity index (χ2v) is 5.13.